The Morgan fingerprint density at radius 1 is 1.00 bits per heavy atom. The smallest absolute Gasteiger partial charge is 0.298 e. The molecule has 0 amide bonds. The van der Waals surface area contributed by atoms with Crippen molar-refractivity contribution < 1.29 is 21.6 Å². The topological polar surface area (TPSA) is 40.6 Å². The number of halogens is 3. The highest BCUT2D eigenvalue weighted by Gasteiger charge is 2.40. The molecule has 0 bridgehead atoms. The van der Waals surface area contributed by atoms with Gasteiger partial charge in [-0.2, -0.15) is 17.5 Å². The molecular weight excluding hydrogens is 317 g/mol. The van der Waals surface area contributed by atoms with Crippen molar-refractivity contribution in [3.05, 3.63) is 29.8 Å². The van der Waals surface area contributed by atoms with E-state index in [1.807, 2.05) is 0 Å². The second-order valence-electron chi connectivity index (χ2n) is 5.74. The maximum atomic E-state index is 12.5. The molecule has 2 saturated heterocycles. The van der Waals surface area contributed by atoms with Gasteiger partial charge in [-0.05, 0) is 50.2 Å². The third-order valence-electron chi connectivity index (χ3n) is 4.31. The summed E-state index contributed by atoms with van der Waals surface area (Å²) in [6.45, 7) is 2.84. The molecule has 0 atom stereocenters. The third kappa shape index (κ3) is 2.87. The highest BCUT2D eigenvalue weighted by Crippen LogP contribution is 2.31. The highest BCUT2D eigenvalue weighted by atomic mass is 32.2. The van der Waals surface area contributed by atoms with E-state index in [9.17, 15) is 21.6 Å². The van der Waals surface area contributed by atoms with E-state index in [-0.39, 0.29) is 10.9 Å². The number of alkyl halides is 3. The molecule has 1 aromatic rings. The van der Waals surface area contributed by atoms with Crippen LogP contribution in [0.5, 0.6) is 0 Å². The second kappa shape index (κ2) is 5.50. The molecule has 0 spiro atoms. The van der Waals surface area contributed by atoms with Gasteiger partial charge in [0.05, 0.1) is 10.5 Å². The van der Waals surface area contributed by atoms with Crippen LogP contribution in [0.2, 0.25) is 0 Å². The zero-order chi connectivity index (χ0) is 16.0. The van der Waals surface area contributed by atoms with Crippen LogP contribution in [0.1, 0.15) is 18.4 Å². The van der Waals surface area contributed by atoms with Crippen molar-refractivity contribution in [1.29, 1.82) is 0 Å². The van der Waals surface area contributed by atoms with Crippen LogP contribution in [0.3, 0.4) is 0 Å². The molecule has 2 aliphatic rings. The molecule has 22 heavy (non-hydrogen) atoms. The van der Waals surface area contributed by atoms with Crippen molar-refractivity contribution in [2.24, 2.45) is 0 Å². The molecule has 4 nitrogen and oxygen atoms in total. The fraction of sp³-hybridized carbons (Fsp3) is 0.571. The molecule has 122 valence electrons. The first-order valence-electron chi connectivity index (χ1n) is 7.20. The van der Waals surface area contributed by atoms with Gasteiger partial charge in [-0.1, -0.05) is 0 Å². The lowest BCUT2D eigenvalue weighted by Crippen LogP contribution is -2.60. The minimum absolute atomic E-state index is 0.0830. The molecule has 3 rings (SSSR count). The van der Waals surface area contributed by atoms with Crippen molar-refractivity contribution in [3.63, 3.8) is 0 Å². The van der Waals surface area contributed by atoms with E-state index in [0.717, 1.165) is 50.2 Å². The van der Waals surface area contributed by atoms with E-state index >= 15 is 0 Å². The number of rotatable bonds is 3. The molecule has 2 heterocycles. The van der Waals surface area contributed by atoms with E-state index in [2.05, 4.69) is 4.90 Å². The first kappa shape index (κ1) is 15.8. The molecule has 0 radical (unpaired) electrons. The molecule has 0 N–H and O–H groups in total. The average molecular weight is 334 g/mol. The molecule has 0 aliphatic carbocycles. The van der Waals surface area contributed by atoms with Crippen LogP contribution in [0.4, 0.5) is 13.2 Å². The van der Waals surface area contributed by atoms with Gasteiger partial charge in [-0.25, -0.2) is 8.42 Å². The number of likely N-dealkylation sites (tertiary alicyclic amines) is 1. The molecule has 2 aliphatic heterocycles. The van der Waals surface area contributed by atoms with E-state index in [0.29, 0.717) is 13.1 Å². The summed E-state index contributed by atoms with van der Waals surface area (Å²) >= 11 is 0. The Morgan fingerprint density at radius 2 is 1.55 bits per heavy atom. The van der Waals surface area contributed by atoms with E-state index in [4.69, 9.17) is 0 Å². The number of benzene rings is 1. The molecule has 0 unspecified atom stereocenters. The number of nitrogens with zero attached hydrogens (tertiary/aromatic N) is 2. The van der Waals surface area contributed by atoms with Crippen molar-refractivity contribution in [2.75, 3.05) is 26.2 Å². The zero-order valence-corrected chi connectivity index (χ0v) is 12.7. The third-order valence-corrected chi connectivity index (χ3v) is 6.15. The normalized spacial score (nSPS) is 22.0. The van der Waals surface area contributed by atoms with Crippen LogP contribution in [0.15, 0.2) is 29.2 Å². The van der Waals surface area contributed by atoms with Gasteiger partial charge in [0.1, 0.15) is 0 Å². The SMILES string of the molecule is O=S(=O)(c1ccc(C(F)(F)F)cc1)N1CC(N2CCCC2)C1. The largest absolute Gasteiger partial charge is 0.416 e. The van der Waals surface area contributed by atoms with Crippen LogP contribution in [-0.4, -0.2) is 49.8 Å². The van der Waals surface area contributed by atoms with Gasteiger partial charge in [0.15, 0.2) is 0 Å². The quantitative estimate of drug-likeness (QED) is 0.851. The lowest BCUT2D eigenvalue weighted by atomic mass is 10.1. The Morgan fingerprint density at radius 3 is 2.05 bits per heavy atom. The van der Waals surface area contributed by atoms with Crippen LogP contribution in [-0.2, 0) is 16.2 Å². The van der Waals surface area contributed by atoms with Crippen molar-refractivity contribution in [2.45, 2.75) is 30.0 Å². The molecule has 0 saturated carbocycles. The van der Waals surface area contributed by atoms with E-state index < -0.39 is 21.8 Å². The Balaban J connectivity index is 1.69. The number of sulfonamides is 1. The minimum Gasteiger partial charge on any atom is -0.298 e. The standard InChI is InChI=1S/C14H17F3N2O2S/c15-14(16,17)11-3-5-13(6-4-11)22(20,21)19-9-12(10-19)18-7-1-2-8-18/h3-6,12H,1-2,7-10H2. The number of hydrogen-bond donors (Lipinski definition) is 0. The minimum atomic E-state index is -4.46. The fourth-order valence-electron chi connectivity index (χ4n) is 2.92. The van der Waals surface area contributed by atoms with Crippen LogP contribution in [0.25, 0.3) is 0 Å². The van der Waals surface area contributed by atoms with Crippen molar-refractivity contribution in [1.82, 2.24) is 9.21 Å². The van der Waals surface area contributed by atoms with Gasteiger partial charge in [0, 0.05) is 19.1 Å². The zero-order valence-electron chi connectivity index (χ0n) is 11.9. The molecule has 8 heteroatoms. The van der Waals surface area contributed by atoms with Gasteiger partial charge >= 0.3 is 6.18 Å². The predicted molar refractivity (Wildman–Crippen MR) is 74.8 cm³/mol. The first-order valence-corrected chi connectivity index (χ1v) is 8.64. The first-order chi connectivity index (χ1) is 10.3. The number of hydrogen-bond acceptors (Lipinski definition) is 3. The Bertz CT molecular complexity index is 631. The average Bonchev–Trinajstić information content (AvgIpc) is 2.89. The monoisotopic (exact) mass is 334 g/mol. The summed E-state index contributed by atoms with van der Waals surface area (Å²) in [7, 11) is -3.69. The van der Waals surface area contributed by atoms with Crippen LogP contribution >= 0.6 is 0 Å². The Kier molecular flexibility index (Phi) is 3.94. The molecular formula is C14H17F3N2O2S. The van der Waals surface area contributed by atoms with Gasteiger partial charge in [-0.3, -0.25) is 4.90 Å². The maximum absolute atomic E-state index is 12.5. The summed E-state index contributed by atoms with van der Waals surface area (Å²) < 4.78 is 63.6. The summed E-state index contributed by atoms with van der Waals surface area (Å²) in [5, 5.41) is 0. The lowest BCUT2D eigenvalue weighted by molar-refractivity contribution is -0.137. The lowest BCUT2D eigenvalue weighted by Gasteiger charge is -2.42. The molecule has 0 aromatic heterocycles. The predicted octanol–water partition coefficient (Wildman–Crippen LogP) is 2.17. The summed E-state index contributed by atoms with van der Waals surface area (Å²) in [4.78, 5) is 2.19. The maximum Gasteiger partial charge on any atom is 0.416 e. The molecule has 1 aromatic carbocycles. The summed E-state index contributed by atoms with van der Waals surface area (Å²) in [5.41, 5.74) is -0.843. The summed E-state index contributed by atoms with van der Waals surface area (Å²) in [5.74, 6) is 0. The summed E-state index contributed by atoms with van der Waals surface area (Å²) in [6, 6.07) is 3.92. The Labute approximate surface area is 127 Å². The fourth-order valence-corrected chi connectivity index (χ4v) is 4.43. The van der Waals surface area contributed by atoms with Gasteiger partial charge in [-0.15, -0.1) is 0 Å². The second-order valence-corrected chi connectivity index (χ2v) is 7.68. The van der Waals surface area contributed by atoms with Gasteiger partial charge < -0.3 is 0 Å². The highest BCUT2D eigenvalue weighted by molar-refractivity contribution is 7.89. The van der Waals surface area contributed by atoms with Crippen LogP contribution < -0.4 is 0 Å². The van der Waals surface area contributed by atoms with Crippen LogP contribution in [0, 0.1) is 0 Å². The van der Waals surface area contributed by atoms with Gasteiger partial charge in [0.25, 0.3) is 0 Å². The van der Waals surface area contributed by atoms with Gasteiger partial charge in [0.2, 0.25) is 10.0 Å². The van der Waals surface area contributed by atoms with E-state index in [1.165, 1.54) is 4.31 Å². The summed E-state index contributed by atoms with van der Waals surface area (Å²) in [6.07, 6.45) is -2.18. The van der Waals surface area contributed by atoms with Crippen molar-refractivity contribution >= 4 is 10.0 Å². The van der Waals surface area contributed by atoms with Crippen molar-refractivity contribution in [3.8, 4) is 0 Å². The Hall–Kier alpha value is -1.12. The molecule has 2 fully saturated rings. The van der Waals surface area contributed by atoms with E-state index in [1.54, 1.807) is 0 Å².